The standard InChI is InChI=1S/C14H15Cl2NO2S/c1-3-14(2,7-18)17-13(19)12-11(16)9-5-4-8(15)6-10(9)20-12/h4-6,18H,3,7H2,1-2H3,(H,17,19). The second-order valence-electron chi connectivity index (χ2n) is 4.91. The van der Waals surface area contributed by atoms with E-state index in [1.165, 1.54) is 11.3 Å². The van der Waals surface area contributed by atoms with Gasteiger partial charge in [0.2, 0.25) is 0 Å². The number of hydrogen-bond donors (Lipinski definition) is 2. The molecule has 0 bridgehead atoms. The number of carbonyl (C=O) groups is 1. The molecular formula is C14H15Cl2NO2S. The van der Waals surface area contributed by atoms with Crippen molar-refractivity contribution in [2.75, 3.05) is 6.61 Å². The Morgan fingerprint density at radius 1 is 1.45 bits per heavy atom. The van der Waals surface area contributed by atoms with Crippen LogP contribution in [-0.4, -0.2) is 23.2 Å². The maximum absolute atomic E-state index is 12.3. The monoisotopic (exact) mass is 331 g/mol. The fourth-order valence-electron chi connectivity index (χ4n) is 1.76. The summed E-state index contributed by atoms with van der Waals surface area (Å²) in [5.74, 6) is -0.272. The molecule has 0 spiro atoms. The summed E-state index contributed by atoms with van der Waals surface area (Å²) in [5, 5.41) is 14.0. The Morgan fingerprint density at radius 3 is 2.75 bits per heavy atom. The lowest BCUT2D eigenvalue weighted by molar-refractivity contribution is 0.0852. The van der Waals surface area contributed by atoms with Crippen molar-refractivity contribution in [1.29, 1.82) is 0 Å². The molecule has 0 fully saturated rings. The Hall–Kier alpha value is -0.810. The lowest BCUT2D eigenvalue weighted by Gasteiger charge is -2.26. The Balaban J connectivity index is 2.38. The number of amides is 1. The van der Waals surface area contributed by atoms with Crippen LogP contribution in [0.5, 0.6) is 0 Å². The van der Waals surface area contributed by atoms with E-state index in [1.807, 2.05) is 6.92 Å². The third-order valence-corrected chi connectivity index (χ3v) is 5.23. The quantitative estimate of drug-likeness (QED) is 0.886. The van der Waals surface area contributed by atoms with Crippen LogP contribution in [0.2, 0.25) is 10.0 Å². The number of benzene rings is 1. The molecule has 2 rings (SSSR count). The molecule has 6 heteroatoms. The Labute approximate surface area is 131 Å². The largest absolute Gasteiger partial charge is 0.394 e. The van der Waals surface area contributed by atoms with E-state index in [4.69, 9.17) is 23.2 Å². The van der Waals surface area contributed by atoms with E-state index in [-0.39, 0.29) is 12.5 Å². The van der Waals surface area contributed by atoms with E-state index in [2.05, 4.69) is 5.32 Å². The van der Waals surface area contributed by atoms with Gasteiger partial charge in [-0.2, -0.15) is 0 Å². The lowest BCUT2D eigenvalue weighted by Crippen LogP contribution is -2.48. The average molecular weight is 332 g/mol. The van der Waals surface area contributed by atoms with Crippen molar-refractivity contribution in [3.63, 3.8) is 0 Å². The summed E-state index contributed by atoms with van der Waals surface area (Å²) in [6.07, 6.45) is 0.629. The highest BCUT2D eigenvalue weighted by Crippen LogP contribution is 2.36. The van der Waals surface area contributed by atoms with Gasteiger partial charge in [-0.3, -0.25) is 4.79 Å². The number of hydrogen-bond acceptors (Lipinski definition) is 3. The highest BCUT2D eigenvalue weighted by atomic mass is 35.5. The van der Waals surface area contributed by atoms with Crippen LogP contribution in [0, 0.1) is 0 Å². The van der Waals surface area contributed by atoms with Gasteiger partial charge in [0.25, 0.3) is 5.91 Å². The number of aliphatic hydroxyl groups excluding tert-OH is 1. The highest BCUT2D eigenvalue weighted by molar-refractivity contribution is 7.21. The van der Waals surface area contributed by atoms with Crippen molar-refractivity contribution in [1.82, 2.24) is 5.32 Å². The summed E-state index contributed by atoms with van der Waals surface area (Å²) in [7, 11) is 0. The van der Waals surface area contributed by atoms with Crippen molar-refractivity contribution in [2.24, 2.45) is 0 Å². The lowest BCUT2D eigenvalue weighted by atomic mass is 10.0. The molecule has 0 aliphatic heterocycles. The van der Waals surface area contributed by atoms with Crippen LogP contribution < -0.4 is 5.32 Å². The minimum Gasteiger partial charge on any atom is -0.394 e. The summed E-state index contributed by atoms with van der Waals surface area (Å²) >= 11 is 13.5. The molecule has 0 saturated heterocycles. The SMILES string of the molecule is CCC(C)(CO)NC(=O)c1sc2cc(Cl)ccc2c1Cl. The molecule has 20 heavy (non-hydrogen) atoms. The number of rotatable bonds is 4. The minimum atomic E-state index is -0.645. The molecule has 2 aromatic rings. The second-order valence-corrected chi connectivity index (χ2v) is 6.78. The van der Waals surface area contributed by atoms with E-state index < -0.39 is 5.54 Å². The van der Waals surface area contributed by atoms with Gasteiger partial charge in [0, 0.05) is 15.1 Å². The maximum Gasteiger partial charge on any atom is 0.263 e. The smallest absolute Gasteiger partial charge is 0.263 e. The van der Waals surface area contributed by atoms with E-state index in [0.717, 1.165) is 10.1 Å². The minimum absolute atomic E-state index is 0.121. The van der Waals surface area contributed by atoms with Gasteiger partial charge in [-0.15, -0.1) is 11.3 Å². The van der Waals surface area contributed by atoms with Crippen LogP contribution in [-0.2, 0) is 0 Å². The normalized spacial score (nSPS) is 14.2. The predicted molar refractivity (Wildman–Crippen MR) is 85.1 cm³/mol. The number of halogens is 2. The molecule has 3 nitrogen and oxygen atoms in total. The van der Waals surface area contributed by atoms with Crippen molar-refractivity contribution in [2.45, 2.75) is 25.8 Å². The predicted octanol–water partition coefficient (Wildman–Crippen LogP) is 4.10. The van der Waals surface area contributed by atoms with Crippen LogP contribution in [0.25, 0.3) is 10.1 Å². The fourth-order valence-corrected chi connectivity index (χ4v) is 3.44. The van der Waals surface area contributed by atoms with E-state index >= 15 is 0 Å². The zero-order chi connectivity index (χ0) is 14.9. The summed E-state index contributed by atoms with van der Waals surface area (Å²) in [5.41, 5.74) is -0.645. The zero-order valence-electron chi connectivity index (χ0n) is 11.2. The summed E-state index contributed by atoms with van der Waals surface area (Å²) in [6.45, 7) is 3.58. The molecule has 1 unspecified atom stereocenters. The van der Waals surface area contributed by atoms with Crippen molar-refractivity contribution >= 4 is 50.5 Å². The topological polar surface area (TPSA) is 49.3 Å². The Bertz CT molecular complexity index is 650. The van der Waals surface area contributed by atoms with E-state index in [0.29, 0.717) is 21.3 Å². The molecule has 1 aromatic heterocycles. The number of nitrogens with one attached hydrogen (secondary N) is 1. The maximum atomic E-state index is 12.3. The molecule has 1 amide bonds. The third kappa shape index (κ3) is 2.93. The first-order valence-electron chi connectivity index (χ1n) is 6.21. The van der Waals surface area contributed by atoms with Gasteiger partial charge in [0.05, 0.1) is 17.2 Å². The van der Waals surface area contributed by atoms with Crippen LogP contribution in [0.15, 0.2) is 18.2 Å². The number of thiophene rings is 1. The first-order chi connectivity index (χ1) is 9.40. The van der Waals surface area contributed by atoms with Crippen molar-refractivity contribution < 1.29 is 9.90 Å². The van der Waals surface area contributed by atoms with Crippen LogP contribution in [0.1, 0.15) is 29.9 Å². The second kappa shape index (κ2) is 5.90. The summed E-state index contributed by atoms with van der Waals surface area (Å²) in [4.78, 5) is 12.8. The van der Waals surface area contributed by atoms with Gasteiger partial charge >= 0.3 is 0 Å². The summed E-state index contributed by atoms with van der Waals surface area (Å²) < 4.78 is 0.870. The van der Waals surface area contributed by atoms with Crippen LogP contribution in [0.3, 0.4) is 0 Å². The van der Waals surface area contributed by atoms with Crippen LogP contribution >= 0.6 is 34.5 Å². The molecule has 0 aliphatic carbocycles. The average Bonchev–Trinajstić information content (AvgIpc) is 2.75. The van der Waals surface area contributed by atoms with Crippen LogP contribution in [0.4, 0.5) is 0 Å². The summed E-state index contributed by atoms with van der Waals surface area (Å²) in [6, 6.07) is 5.33. The molecule has 0 saturated carbocycles. The molecule has 2 N–H and O–H groups in total. The number of carbonyl (C=O) groups excluding carboxylic acids is 1. The highest BCUT2D eigenvalue weighted by Gasteiger charge is 2.26. The van der Waals surface area contributed by atoms with Crippen molar-refractivity contribution in [3.8, 4) is 0 Å². The third-order valence-electron chi connectivity index (χ3n) is 3.34. The van der Waals surface area contributed by atoms with E-state index in [9.17, 15) is 9.90 Å². The molecule has 1 atom stereocenters. The van der Waals surface area contributed by atoms with E-state index in [1.54, 1.807) is 25.1 Å². The first-order valence-corrected chi connectivity index (χ1v) is 7.78. The molecule has 1 heterocycles. The van der Waals surface area contributed by atoms with Gasteiger partial charge in [-0.1, -0.05) is 36.2 Å². The first kappa shape index (κ1) is 15.6. The van der Waals surface area contributed by atoms with Crippen molar-refractivity contribution in [3.05, 3.63) is 33.1 Å². The fraction of sp³-hybridized carbons (Fsp3) is 0.357. The molecule has 0 aliphatic rings. The van der Waals surface area contributed by atoms with Gasteiger partial charge in [0.15, 0.2) is 0 Å². The Morgan fingerprint density at radius 2 is 2.15 bits per heavy atom. The van der Waals surface area contributed by atoms with Gasteiger partial charge in [-0.25, -0.2) is 0 Å². The molecule has 108 valence electrons. The molecular weight excluding hydrogens is 317 g/mol. The Kier molecular flexibility index (Phi) is 4.59. The van der Waals surface area contributed by atoms with Gasteiger partial charge in [-0.05, 0) is 25.5 Å². The number of aliphatic hydroxyl groups is 1. The zero-order valence-corrected chi connectivity index (χ0v) is 13.5. The number of fused-ring (bicyclic) bond motifs is 1. The molecule has 1 aromatic carbocycles. The van der Waals surface area contributed by atoms with Gasteiger partial charge < -0.3 is 10.4 Å². The van der Waals surface area contributed by atoms with Gasteiger partial charge in [0.1, 0.15) is 4.88 Å². The molecule has 0 radical (unpaired) electrons.